The molecule has 3 heterocycles. The number of aliphatic hydroxyl groups is 6. The standard InChI is InChI=1S/C30H36O16/c1-11-20(31)24(35)26(37)29(44-11)43-10-18-22(33)25(36)27(38)30(46-18)45-17-8-16-19(23(34)28(17)41-4)21(32)13(9-42-16)12-5-6-14(39-2)15(7-12)40-3/h5-9,11,18,20,22,24-27,29-31,33-38H,10H2,1-4H3/t11-,18+,20+,22-,24+,25+,26-,27-,29-,30-/m1/s1. The largest absolute Gasteiger partial charge is 0.504 e. The van der Waals surface area contributed by atoms with Crippen LogP contribution in [-0.4, -0.2) is 125 Å². The maximum Gasteiger partial charge on any atom is 0.229 e. The van der Waals surface area contributed by atoms with Crippen LogP contribution in [0.5, 0.6) is 28.7 Å². The first kappa shape index (κ1) is 33.6. The van der Waals surface area contributed by atoms with Crippen molar-refractivity contribution in [3.8, 4) is 39.9 Å². The fourth-order valence-corrected chi connectivity index (χ4v) is 5.33. The van der Waals surface area contributed by atoms with E-state index in [1.807, 2.05) is 0 Å². The van der Waals surface area contributed by atoms with E-state index in [-0.39, 0.29) is 28.0 Å². The summed E-state index contributed by atoms with van der Waals surface area (Å²) in [6.07, 6.45) is -14.1. The monoisotopic (exact) mass is 652 g/mol. The molecule has 2 aliphatic heterocycles. The molecule has 1 aromatic heterocycles. The second-order valence-electron chi connectivity index (χ2n) is 10.8. The number of aliphatic hydroxyl groups excluding tert-OH is 6. The Bertz CT molecular complexity index is 1590. The summed E-state index contributed by atoms with van der Waals surface area (Å²) in [4.78, 5) is 13.5. The second kappa shape index (κ2) is 13.6. The molecule has 2 fully saturated rings. The predicted octanol–water partition coefficient (Wildman–Crippen LogP) is -0.778. The van der Waals surface area contributed by atoms with Gasteiger partial charge in [-0.05, 0) is 24.6 Å². The SMILES string of the molecule is COc1ccc(-c2coc3cc(O[C@@H]4O[C@@H](CO[C@@H]5O[C@H](C)[C@H](O)[C@H](O)[C@H]5O)[C@@H](O)[C@H](O)[C@H]4O)c(OC)c(O)c3c2=O)cc1OC. The molecule has 2 aromatic carbocycles. The van der Waals surface area contributed by atoms with Crippen LogP contribution >= 0.6 is 0 Å². The van der Waals surface area contributed by atoms with Crippen molar-refractivity contribution in [2.45, 2.75) is 68.3 Å². The Kier molecular flexibility index (Phi) is 9.92. The van der Waals surface area contributed by atoms with Crippen molar-refractivity contribution in [2.75, 3.05) is 27.9 Å². The minimum atomic E-state index is -1.82. The van der Waals surface area contributed by atoms with Crippen molar-refractivity contribution in [1.82, 2.24) is 0 Å². The third-order valence-corrected chi connectivity index (χ3v) is 8.00. The molecule has 5 rings (SSSR count). The highest BCUT2D eigenvalue weighted by atomic mass is 16.7. The van der Waals surface area contributed by atoms with E-state index in [4.69, 9.17) is 37.6 Å². The molecule has 2 aliphatic rings. The Morgan fingerprint density at radius 1 is 0.761 bits per heavy atom. The third kappa shape index (κ3) is 6.06. The van der Waals surface area contributed by atoms with Gasteiger partial charge in [0, 0.05) is 6.07 Å². The van der Waals surface area contributed by atoms with Gasteiger partial charge in [0.15, 0.2) is 29.3 Å². The molecule has 2 saturated heterocycles. The van der Waals surface area contributed by atoms with Gasteiger partial charge in [0.2, 0.25) is 17.5 Å². The molecule has 46 heavy (non-hydrogen) atoms. The number of hydrogen-bond donors (Lipinski definition) is 7. The zero-order valence-corrected chi connectivity index (χ0v) is 25.2. The van der Waals surface area contributed by atoms with Crippen molar-refractivity contribution in [2.24, 2.45) is 0 Å². The van der Waals surface area contributed by atoms with Gasteiger partial charge in [-0.1, -0.05) is 6.07 Å². The van der Waals surface area contributed by atoms with Gasteiger partial charge < -0.3 is 73.3 Å². The van der Waals surface area contributed by atoms with Crippen LogP contribution in [0.15, 0.2) is 39.7 Å². The first-order valence-corrected chi connectivity index (χ1v) is 14.2. The van der Waals surface area contributed by atoms with Gasteiger partial charge in [-0.2, -0.15) is 0 Å². The van der Waals surface area contributed by atoms with Crippen molar-refractivity contribution < 1.29 is 73.3 Å². The summed E-state index contributed by atoms with van der Waals surface area (Å²) < 4.78 is 43.9. The van der Waals surface area contributed by atoms with E-state index < -0.39 is 79.2 Å². The number of rotatable bonds is 9. The average molecular weight is 653 g/mol. The molecule has 252 valence electrons. The van der Waals surface area contributed by atoms with Gasteiger partial charge >= 0.3 is 0 Å². The fraction of sp³-hybridized carbons (Fsp3) is 0.500. The summed E-state index contributed by atoms with van der Waals surface area (Å²) in [6, 6.07) is 6.00. The predicted molar refractivity (Wildman–Crippen MR) is 155 cm³/mol. The number of phenolic OH excluding ortho intramolecular Hbond substituents is 1. The van der Waals surface area contributed by atoms with Crippen molar-refractivity contribution >= 4 is 11.0 Å². The number of aromatic hydroxyl groups is 1. The van der Waals surface area contributed by atoms with Crippen molar-refractivity contribution in [3.63, 3.8) is 0 Å². The molecular formula is C30H36O16. The van der Waals surface area contributed by atoms with Crippen LogP contribution in [0.2, 0.25) is 0 Å². The summed E-state index contributed by atoms with van der Waals surface area (Å²) in [5, 5.41) is 72.8. The minimum absolute atomic E-state index is 0.0916. The van der Waals surface area contributed by atoms with Gasteiger partial charge in [-0.25, -0.2) is 0 Å². The summed E-state index contributed by atoms with van der Waals surface area (Å²) in [6.45, 7) is 0.938. The Balaban J connectivity index is 1.41. The molecule has 0 bridgehead atoms. The maximum atomic E-state index is 13.5. The molecule has 0 spiro atoms. The van der Waals surface area contributed by atoms with Crippen LogP contribution in [0, 0.1) is 0 Å². The Morgan fingerprint density at radius 2 is 1.43 bits per heavy atom. The smallest absolute Gasteiger partial charge is 0.229 e. The fourth-order valence-electron chi connectivity index (χ4n) is 5.33. The molecule has 16 heteroatoms. The maximum absolute atomic E-state index is 13.5. The van der Waals surface area contributed by atoms with Gasteiger partial charge in [0.25, 0.3) is 0 Å². The summed E-state index contributed by atoms with van der Waals surface area (Å²) in [5.74, 6) is -0.419. The van der Waals surface area contributed by atoms with Gasteiger partial charge in [0.1, 0.15) is 60.0 Å². The Morgan fingerprint density at radius 3 is 2.11 bits per heavy atom. The second-order valence-corrected chi connectivity index (χ2v) is 10.8. The number of hydrogen-bond acceptors (Lipinski definition) is 16. The molecule has 7 N–H and O–H groups in total. The first-order chi connectivity index (χ1) is 21.9. The van der Waals surface area contributed by atoms with E-state index in [9.17, 15) is 40.5 Å². The lowest BCUT2D eigenvalue weighted by Crippen LogP contribution is -2.61. The lowest BCUT2D eigenvalue weighted by Gasteiger charge is -2.42. The number of phenols is 1. The van der Waals surface area contributed by atoms with Crippen LogP contribution in [0.3, 0.4) is 0 Å². The van der Waals surface area contributed by atoms with E-state index in [0.29, 0.717) is 17.1 Å². The lowest BCUT2D eigenvalue weighted by molar-refractivity contribution is -0.318. The Hall–Kier alpha value is -3.71. The van der Waals surface area contributed by atoms with Crippen LogP contribution in [-0.2, 0) is 14.2 Å². The van der Waals surface area contributed by atoms with Crippen LogP contribution in [0.1, 0.15) is 6.92 Å². The van der Waals surface area contributed by atoms with E-state index in [1.165, 1.54) is 40.6 Å². The molecule has 0 amide bonds. The summed E-state index contributed by atoms with van der Waals surface area (Å²) >= 11 is 0. The molecule has 0 radical (unpaired) electrons. The molecular weight excluding hydrogens is 616 g/mol. The third-order valence-electron chi connectivity index (χ3n) is 8.00. The molecule has 16 nitrogen and oxygen atoms in total. The van der Waals surface area contributed by atoms with Crippen LogP contribution in [0.4, 0.5) is 0 Å². The number of benzene rings is 2. The van der Waals surface area contributed by atoms with Crippen LogP contribution < -0.4 is 24.4 Å². The molecule has 10 atom stereocenters. The molecule has 0 unspecified atom stereocenters. The summed E-state index contributed by atoms with van der Waals surface area (Å²) in [7, 11) is 4.11. The van der Waals surface area contributed by atoms with Crippen molar-refractivity contribution in [1.29, 1.82) is 0 Å². The molecule has 0 saturated carbocycles. The molecule has 3 aromatic rings. The highest BCUT2D eigenvalue weighted by molar-refractivity contribution is 5.91. The van der Waals surface area contributed by atoms with Gasteiger partial charge in [0.05, 0.1) is 39.6 Å². The van der Waals surface area contributed by atoms with Crippen molar-refractivity contribution in [3.05, 3.63) is 40.8 Å². The zero-order valence-electron chi connectivity index (χ0n) is 25.2. The van der Waals surface area contributed by atoms with E-state index in [2.05, 4.69) is 0 Å². The topological polar surface area (TPSA) is 236 Å². The van der Waals surface area contributed by atoms with E-state index >= 15 is 0 Å². The summed E-state index contributed by atoms with van der Waals surface area (Å²) in [5.41, 5.74) is -0.224. The number of ether oxygens (including phenoxy) is 7. The van der Waals surface area contributed by atoms with Gasteiger partial charge in [-0.15, -0.1) is 0 Å². The quantitative estimate of drug-likeness (QED) is 0.150. The average Bonchev–Trinajstić information content (AvgIpc) is 3.05. The van der Waals surface area contributed by atoms with Crippen LogP contribution in [0.25, 0.3) is 22.1 Å². The first-order valence-electron chi connectivity index (χ1n) is 14.2. The number of methoxy groups -OCH3 is 3. The highest BCUT2D eigenvalue weighted by Crippen LogP contribution is 2.43. The van der Waals surface area contributed by atoms with Gasteiger partial charge in [-0.3, -0.25) is 4.79 Å². The number of fused-ring (bicyclic) bond motifs is 1. The normalized spacial score (nSPS) is 31.4. The lowest BCUT2D eigenvalue weighted by atomic mass is 9.98. The Labute approximate surface area is 261 Å². The zero-order chi connectivity index (χ0) is 33.4. The van der Waals surface area contributed by atoms with E-state index in [0.717, 1.165) is 0 Å². The van der Waals surface area contributed by atoms with E-state index in [1.54, 1.807) is 18.2 Å². The molecule has 0 aliphatic carbocycles. The highest BCUT2D eigenvalue weighted by Gasteiger charge is 2.47. The minimum Gasteiger partial charge on any atom is -0.504 e.